The summed E-state index contributed by atoms with van der Waals surface area (Å²) < 4.78 is 0.896. The van der Waals surface area contributed by atoms with Gasteiger partial charge in [0, 0.05) is 16.3 Å². The zero-order chi connectivity index (χ0) is 13.2. The fourth-order valence-corrected chi connectivity index (χ4v) is 3.36. The number of halogens is 2. The molecule has 2 nitrogen and oxygen atoms in total. The van der Waals surface area contributed by atoms with Crippen molar-refractivity contribution in [1.29, 1.82) is 0 Å². The van der Waals surface area contributed by atoms with Gasteiger partial charge in [-0.2, -0.15) is 0 Å². The van der Waals surface area contributed by atoms with E-state index in [0.717, 1.165) is 33.9 Å². The molecular weight excluding hydrogens is 358 g/mol. The van der Waals surface area contributed by atoms with Gasteiger partial charge in [-0.05, 0) is 59.2 Å². The lowest BCUT2D eigenvalue weighted by atomic mass is 10.0. The first kappa shape index (κ1) is 14.1. The molecule has 0 aromatic heterocycles. The largest absolute Gasteiger partial charge is 0.351 e. The monoisotopic (exact) mass is 373 g/mol. The third kappa shape index (κ3) is 3.15. The van der Waals surface area contributed by atoms with E-state index in [1.165, 1.54) is 12.8 Å². The average Bonchev–Trinajstić information content (AvgIpc) is 3.11. The van der Waals surface area contributed by atoms with Crippen LogP contribution in [0.15, 0.2) is 22.7 Å². The zero-order valence-corrected chi connectivity index (χ0v) is 13.6. The molecule has 0 radical (unpaired) electrons. The summed E-state index contributed by atoms with van der Waals surface area (Å²) in [5, 5.41) is 4.08. The maximum absolute atomic E-state index is 12.1. The number of benzene rings is 1. The third-order valence-electron chi connectivity index (χ3n) is 3.64. The Morgan fingerprint density at radius 1 is 1.44 bits per heavy atom. The van der Waals surface area contributed by atoms with Crippen LogP contribution in [0.2, 0.25) is 0 Å². The molecule has 1 fully saturated rings. The van der Waals surface area contributed by atoms with Crippen LogP contribution in [0, 0.1) is 12.3 Å². The second-order valence-electron chi connectivity index (χ2n) is 5.06. The van der Waals surface area contributed by atoms with E-state index in [2.05, 4.69) is 37.2 Å². The lowest BCUT2D eigenvalue weighted by molar-refractivity contribution is 0.0943. The van der Waals surface area contributed by atoms with Crippen LogP contribution in [-0.2, 0) is 0 Å². The number of carbonyl (C=O) groups excluding carboxylic acids is 1. The molecule has 0 unspecified atom stereocenters. The van der Waals surface area contributed by atoms with Crippen molar-refractivity contribution >= 4 is 37.8 Å². The van der Waals surface area contributed by atoms with Crippen LogP contribution in [0.1, 0.15) is 35.2 Å². The zero-order valence-electron chi connectivity index (χ0n) is 10.4. The van der Waals surface area contributed by atoms with Gasteiger partial charge in [0.2, 0.25) is 0 Å². The van der Waals surface area contributed by atoms with Crippen molar-refractivity contribution in [3.63, 3.8) is 0 Å². The van der Waals surface area contributed by atoms with Crippen molar-refractivity contribution in [1.82, 2.24) is 5.32 Å². The Hall–Kier alpha value is -0.350. The van der Waals surface area contributed by atoms with Gasteiger partial charge in [-0.15, -0.1) is 0 Å². The first-order valence-corrected chi connectivity index (χ1v) is 8.09. The number of hydrogen-bond donors (Lipinski definition) is 1. The fraction of sp³-hybridized carbons (Fsp3) is 0.500. The Kier molecular flexibility index (Phi) is 4.49. The number of carbonyl (C=O) groups is 1. The number of nitrogens with one attached hydrogen (secondary N) is 1. The van der Waals surface area contributed by atoms with Crippen molar-refractivity contribution < 1.29 is 4.79 Å². The quantitative estimate of drug-likeness (QED) is 0.774. The van der Waals surface area contributed by atoms with Gasteiger partial charge >= 0.3 is 0 Å². The molecule has 1 aromatic rings. The van der Waals surface area contributed by atoms with Gasteiger partial charge in [0.1, 0.15) is 0 Å². The molecule has 18 heavy (non-hydrogen) atoms. The van der Waals surface area contributed by atoms with E-state index in [1.54, 1.807) is 0 Å². The number of alkyl halides is 1. The molecule has 1 aliphatic carbocycles. The van der Waals surface area contributed by atoms with Gasteiger partial charge in [-0.3, -0.25) is 4.79 Å². The predicted octanol–water partition coefficient (Wildman–Crippen LogP) is 4.05. The molecule has 1 saturated carbocycles. The summed E-state index contributed by atoms with van der Waals surface area (Å²) in [6.07, 6.45) is 3.60. The van der Waals surface area contributed by atoms with Crippen molar-refractivity contribution in [2.24, 2.45) is 5.41 Å². The Morgan fingerprint density at radius 2 is 2.17 bits per heavy atom. The topological polar surface area (TPSA) is 29.1 Å². The molecule has 4 heteroatoms. The van der Waals surface area contributed by atoms with Gasteiger partial charge in [0.25, 0.3) is 5.91 Å². The van der Waals surface area contributed by atoms with Crippen molar-refractivity contribution in [2.75, 3.05) is 11.9 Å². The Bertz CT molecular complexity index is 455. The minimum Gasteiger partial charge on any atom is -0.351 e. The second kappa shape index (κ2) is 5.74. The highest BCUT2D eigenvalue weighted by atomic mass is 79.9. The van der Waals surface area contributed by atoms with Crippen molar-refractivity contribution in [3.05, 3.63) is 33.8 Å². The Balaban J connectivity index is 1.98. The fourth-order valence-electron chi connectivity index (χ4n) is 2.08. The van der Waals surface area contributed by atoms with Crippen molar-refractivity contribution in [2.45, 2.75) is 26.2 Å². The summed E-state index contributed by atoms with van der Waals surface area (Å²) in [7, 11) is 0. The lowest BCUT2D eigenvalue weighted by Crippen LogP contribution is -2.30. The highest BCUT2D eigenvalue weighted by molar-refractivity contribution is 9.10. The minimum absolute atomic E-state index is 0.0198. The summed E-state index contributed by atoms with van der Waals surface area (Å²) in [5.74, 6) is 0.0198. The van der Waals surface area contributed by atoms with Crippen LogP contribution in [0.5, 0.6) is 0 Å². The molecule has 0 aliphatic heterocycles. The van der Waals surface area contributed by atoms with E-state index in [9.17, 15) is 4.79 Å². The lowest BCUT2D eigenvalue weighted by Gasteiger charge is -2.15. The van der Waals surface area contributed by atoms with Gasteiger partial charge in [0.15, 0.2) is 0 Å². The average molecular weight is 375 g/mol. The molecule has 98 valence electrons. The Morgan fingerprint density at radius 3 is 2.78 bits per heavy atom. The first-order chi connectivity index (χ1) is 8.58. The van der Waals surface area contributed by atoms with Crippen LogP contribution in [0.25, 0.3) is 0 Å². The Labute approximate surface area is 125 Å². The molecule has 1 amide bonds. The number of rotatable bonds is 5. The van der Waals surface area contributed by atoms with Crippen LogP contribution in [0.3, 0.4) is 0 Å². The van der Waals surface area contributed by atoms with E-state index < -0.39 is 0 Å². The van der Waals surface area contributed by atoms with E-state index in [-0.39, 0.29) is 5.91 Å². The van der Waals surface area contributed by atoms with Gasteiger partial charge in [-0.25, -0.2) is 0 Å². The van der Waals surface area contributed by atoms with E-state index in [1.807, 2.05) is 25.1 Å². The van der Waals surface area contributed by atoms with Crippen LogP contribution in [0.4, 0.5) is 0 Å². The minimum atomic E-state index is 0.0198. The molecule has 1 aromatic carbocycles. The van der Waals surface area contributed by atoms with E-state index in [4.69, 9.17) is 0 Å². The standard InChI is InChI=1S/C14H17Br2NO/c1-10-3-2-4-11(12(10)16)13(18)17-9-14(5-6-14)7-8-15/h2-4H,5-9H2,1H3,(H,17,18). The van der Waals surface area contributed by atoms with Crippen molar-refractivity contribution in [3.8, 4) is 0 Å². The normalized spacial score (nSPS) is 16.4. The summed E-state index contributed by atoms with van der Waals surface area (Å²) in [4.78, 5) is 12.1. The maximum atomic E-state index is 12.1. The summed E-state index contributed by atoms with van der Waals surface area (Å²) in [5.41, 5.74) is 2.17. The number of aryl methyl sites for hydroxylation is 1. The molecule has 1 aliphatic rings. The smallest absolute Gasteiger partial charge is 0.252 e. The molecular formula is C14H17Br2NO. The first-order valence-electron chi connectivity index (χ1n) is 6.17. The number of amides is 1. The number of hydrogen-bond acceptors (Lipinski definition) is 1. The molecule has 0 saturated heterocycles. The molecule has 0 heterocycles. The molecule has 1 N–H and O–H groups in total. The molecule has 0 bridgehead atoms. The molecule has 0 spiro atoms. The highest BCUT2D eigenvalue weighted by Crippen LogP contribution is 2.48. The summed E-state index contributed by atoms with van der Waals surface area (Å²) in [6.45, 7) is 2.78. The van der Waals surface area contributed by atoms with Crippen LogP contribution < -0.4 is 5.32 Å². The predicted molar refractivity (Wildman–Crippen MR) is 81.3 cm³/mol. The summed E-state index contributed by atoms with van der Waals surface area (Å²) in [6, 6.07) is 5.77. The third-order valence-corrected chi connectivity index (χ3v) is 5.09. The van der Waals surface area contributed by atoms with Crippen LogP contribution >= 0.6 is 31.9 Å². The molecule has 0 atom stereocenters. The van der Waals surface area contributed by atoms with Gasteiger partial charge in [0.05, 0.1) is 5.56 Å². The van der Waals surface area contributed by atoms with E-state index in [0.29, 0.717) is 5.41 Å². The van der Waals surface area contributed by atoms with E-state index >= 15 is 0 Å². The highest BCUT2D eigenvalue weighted by Gasteiger charge is 2.41. The van der Waals surface area contributed by atoms with Gasteiger partial charge < -0.3 is 5.32 Å². The SMILES string of the molecule is Cc1cccc(C(=O)NCC2(CCBr)CC2)c1Br. The summed E-state index contributed by atoms with van der Waals surface area (Å²) >= 11 is 6.96. The van der Waals surface area contributed by atoms with Crippen LogP contribution in [-0.4, -0.2) is 17.8 Å². The molecule has 2 rings (SSSR count). The van der Waals surface area contributed by atoms with Gasteiger partial charge in [-0.1, -0.05) is 28.1 Å². The second-order valence-corrected chi connectivity index (χ2v) is 6.64. The maximum Gasteiger partial charge on any atom is 0.252 e.